The summed E-state index contributed by atoms with van der Waals surface area (Å²) in [6.45, 7) is 7.56. The lowest BCUT2D eigenvalue weighted by molar-refractivity contribution is -0.151. The molecule has 1 saturated heterocycles. The van der Waals surface area contributed by atoms with Crippen LogP contribution in [0.1, 0.15) is 33.6 Å². The topological polar surface area (TPSA) is 66.8 Å². The van der Waals surface area contributed by atoms with Crippen LogP contribution < -0.4 is 0 Å². The molecule has 5 heteroatoms. The highest BCUT2D eigenvalue weighted by atomic mass is 16.5. The van der Waals surface area contributed by atoms with Crippen LogP contribution >= 0.6 is 0 Å². The van der Waals surface area contributed by atoms with Gasteiger partial charge in [-0.25, -0.2) is 0 Å². The second-order valence-corrected chi connectivity index (χ2v) is 5.13. The van der Waals surface area contributed by atoms with E-state index in [1.807, 2.05) is 20.8 Å². The Morgan fingerprint density at radius 2 is 2.11 bits per heavy atom. The fourth-order valence-electron chi connectivity index (χ4n) is 2.40. The molecular formula is C13H23NO4. The van der Waals surface area contributed by atoms with Crippen molar-refractivity contribution < 1.29 is 19.4 Å². The maximum Gasteiger partial charge on any atom is 0.311 e. The van der Waals surface area contributed by atoms with Crippen molar-refractivity contribution >= 4 is 11.9 Å². The molecule has 0 bridgehead atoms. The van der Waals surface area contributed by atoms with Gasteiger partial charge in [0.05, 0.1) is 18.4 Å². The Kier molecular flexibility index (Phi) is 5.14. The van der Waals surface area contributed by atoms with Gasteiger partial charge in [0, 0.05) is 19.7 Å². The molecule has 1 aliphatic heterocycles. The van der Waals surface area contributed by atoms with Crippen LogP contribution in [0, 0.1) is 11.3 Å². The largest absolute Gasteiger partial charge is 0.481 e. The van der Waals surface area contributed by atoms with Gasteiger partial charge in [0.15, 0.2) is 0 Å². The number of ether oxygens (including phenoxy) is 1. The van der Waals surface area contributed by atoms with Crippen LogP contribution in [0.25, 0.3) is 0 Å². The van der Waals surface area contributed by atoms with Gasteiger partial charge in [0.1, 0.15) is 0 Å². The van der Waals surface area contributed by atoms with Crippen molar-refractivity contribution in [1.29, 1.82) is 0 Å². The lowest BCUT2D eigenvalue weighted by Gasteiger charge is -2.28. The third-order valence-electron chi connectivity index (χ3n) is 3.85. The Balaban J connectivity index is 2.58. The highest BCUT2D eigenvalue weighted by molar-refractivity contribution is 5.80. The Hall–Kier alpha value is -1.10. The molecule has 1 unspecified atom stereocenters. The van der Waals surface area contributed by atoms with Gasteiger partial charge in [-0.3, -0.25) is 9.59 Å². The SMILES string of the molecule is CCOCCC(=O)N1CCC(C(=O)O)(C(C)C)C1. The zero-order valence-electron chi connectivity index (χ0n) is 11.4. The van der Waals surface area contributed by atoms with Crippen molar-refractivity contribution in [1.82, 2.24) is 4.90 Å². The van der Waals surface area contributed by atoms with E-state index in [1.165, 1.54) is 0 Å². The van der Waals surface area contributed by atoms with Gasteiger partial charge in [-0.05, 0) is 19.3 Å². The molecular weight excluding hydrogens is 234 g/mol. The average Bonchev–Trinajstić information content (AvgIpc) is 2.75. The van der Waals surface area contributed by atoms with Crippen LogP contribution in [0.3, 0.4) is 0 Å². The normalized spacial score (nSPS) is 23.7. The molecule has 0 aromatic heterocycles. The monoisotopic (exact) mass is 257 g/mol. The molecule has 0 saturated carbocycles. The van der Waals surface area contributed by atoms with Crippen molar-refractivity contribution in [2.75, 3.05) is 26.3 Å². The van der Waals surface area contributed by atoms with Crippen molar-refractivity contribution in [3.05, 3.63) is 0 Å². The third-order valence-corrected chi connectivity index (χ3v) is 3.85. The zero-order chi connectivity index (χ0) is 13.8. The molecule has 0 spiro atoms. The molecule has 0 aromatic rings. The molecule has 1 aliphatic rings. The van der Waals surface area contributed by atoms with E-state index in [-0.39, 0.29) is 11.8 Å². The Labute approximate surface area is 108 Å². The van der Waals surface area contributed by atoms with Crippen molar-refractivity contribution in [2.24, 2.45) is 11.3 Å². The predicted molar refractivity (Wildman–Crippen MR) is 67.2 cm³/mol. The number of rotatable bonds is 6. The van der Waals surface area contributed by atoms with Gasteiger partial charge >= 0.3 is 5.97 Å². The summed E-state index contributed by atoms with van der Waals surface area (Å²) in [5.74, 6) is -0.774. The van der Waals surface area contributed by atoms with Crippen LogP contribution in [0.5, 0.6) is 0 Å². The van der Waals surface area contributed by atoms with E-state index < -0.39 is 11.4 Å². The van der Waals surface area contributed by atoms with Crippen LogP contribution in [0.4, 0.5) is 0 Å². The molecule has 5 nitrogen and oxygen atoms in total. The average molecular weight is 257 g/mol. The minimum absolute atomic E-state index is 0.00720. The van der Waals surface area contributed by atoms with Crippen LogP contribution in [0.15, 0.2) is 0 Å². The third kappa shape index (κ3) is 3.02. The first-order valence-corrected chi connectivity index (χ1v) is 6.53. The zero-order valence-corrected chi connectivity index (χ0v) is 11.4. The molecule has 1 rings (SSSR count). The number of hydrogen-bond donors (Lipinski definition) is 1. The van der Waals surface area contributed by atoms with E-state index in [2.05, 4.69) is 0 Å². The molecule has 0 aliphatic carbocycles. The molecule has 1 atom stereocenters. The summed E-state index contributed by atoms with van der Waals surface area (Å²) < 4.78 is 5.15. The van der Waals surface area contributed by atoms with Gasteiger partial charge < -0.3 is 14.7 Å². The first-order chi connectivity index (χ1) is 8.44. The minimum atomic E-state index is -0.794. The van der Waals surface area contributed by atoms with Gasteiger partial charge in [-0.1, -0.05) is 13.8 Å². The molecule has 1 N–H and O–H groups in total. The summed E-state index contributed by atoms with van der Waals surface area (Å²) >= 11 is 0. The van der Waals surface area contributed by atoms with Gasteiger partial charge in [-0.2, -0.15) is 0 Å². The van der Waals surface area contributed by atoms with E-state index in [4.69, 9.17) is 4.74 Å². The van der Waals surface area contributed by atoms with Crippen molar-refractivity contribution in [3.8, 4) is 0 Å². The van der Waals surface area contributed by atoms with Crippen molar-refractivity contribution in [3.63, 3.8) is 0 Å². The van der Waals surface area contributed by atoms with Gasteiger partial charge in [-0.15, -0.1) is 0 Å². The van der Waals surface area contributed by atoms with Gasteiger partial charge in [0.2, 0.25) is 5.91 Å². The standard InChI is InChI=1S/C13H23NO4/c1-4-18-8-5-11(15)14-7-6-13(9-14,10(2)3)12(16)17/h10H,4-9H2,1-3H3,(H,16,17). The highest BCUT2D eigenvalue weighted by Gasteiger charge is 2.48. The smallest absolute Gasteiger partial charge is 0.311 e. The number of carboxylic acid groups (broad SMARTS) is 1. The quantitative estimate of drug-likeness (QED) is 0.730. The summed E-state index contributed by atoms with van der Waals surface area (Å²) in [5.41, 5.74) is -0.777. The maximum absolute atomic E-state index is 11.9. The minimum Gasteiger partial charge on any atom is -0.481 e. The molecule has 0 radical (unpaired) electrons. The maximum atomic E-state index is 11.9. The summed E-state index contributed by atoms with van der Waals surface area (Å²) in [6.07, 6.45) is 0.877. The molecule has 1 amide bonds. The Morgan fingerprint density at radius 3 is 2.56 bits per heavy atom. The Bertz CT molecular complexity index is 316. The number of amides is 1. The number of likely N-dealkylation sites (tertiary alicyclic amines) is 1. The lowest BCUT2D eigenvalue weighted by Crippen LogP contribution is -2.40. The van der Waals surface area contributed by atoms with Crippen LogP contribution in [0.2, 0.25) is 0 Å². The van der Waals surface area contributed by atoms with Crippen LogP contribution in [-0.2, 0) is 14.3 Å². The van der Waals surface area contributed by atoms with E-state index >= 15 is 0 Å². The van der Waals surface area contributed by atoms with E-state index in [9.17, 15) is 14.7 Å². The number of carboxylic acids is 1. The number of hydrogen-bond acceptors (Lipinski definition) is 3. The molecule has 1 heterocycles. The van der Waals surface area contributed by atoms with E-state index in [0.717, 1.165) is 0 Å². The molecule has 0 aromatic carbocycles. The summed E-state index contributed by atoms with van der Waals surface area (Å²) in [5, 5.41) is 9.39. The molecule has 18 heavy (non-hydrogen) atoms. The first kappa shape index (κ1) is 15.0. The van der Waals surface area contributed by atoms with E-state index in [0.29, 0.717) is 39.1 Å². The summed E-state index contributed by atoms with van der Waals surface area (Å²) in [7, 11) is 0. The summed E-state index contributed by atoms with van der Waals surface area (Å²) in [4.78, 5) is 25.0. The van der Waals surface area contributed by atoms with Gasteiger partial charge in [0.25, 0.3) is 0 Å². The van der Waals surface area contributed by atoms with E-state index in [1.54, 1.807) is 4.90 Å². The fourth-order valence-corrected chi connectivity index (χ4v) is 2.40. The predicted octanol–water partition coefficient (Wildman–Crippen LogP) is 1.37. The number of carbonyl (C=O) groups excluding carboxylic acids is 1. The number of nitrogens with zero attached hydrogens (tertiary/aromatic N) is 1. The second-order valence-electron chi connectivity index (χ2n) is 5.13. The van der Waals surface area contributed by atoms with Crippen molar-refractivity contribution in [2.45, 2.75) is 33.6 Å². The fraction of sp³-hybridized carbons (Fsp3) is 0.846. The van der Waals surface area contributed by atoms with Crippen LogP contribution in [-0.4, -0.2) is 48.2 Å². The molecule has 1 fully saturated rings. The number of aliphatic carboxylic acids is 1. The summed E-state index contributed by atoms with van der Waals surface area (Å²) in [6, 6.07) is 0. The lowest BCUT2D eigenvalue weighted by atomic mass is 9.76. The first-order valence-electron chi connectivity index (χ1n) is 6.53. The second kappa shape index (κ2) is 6.18. The Morgan fingerprint density at radius 1 is 1.44 bits per heavy atom. The highest BCUT2D eigenvalue weighted by Crippen LogP contribution is 2.38. The number of carbonyl (C=O) groups is 2. The molecule has 104 valence electrons.